The molecule has 0 bridgehead atoms. The lowest BCUT2D eigenvalue weighted by atomic mass is 10.1. The van der Waals surface area contributed by atoms with Crippen LogP contribution in [0.4, 0.5) is 4.79 Å². The van der Waals surface area contributed by atoms with Crippen molar-refractivity contribution in [3.8, 4) is 0 Å². The van der Waals surface area contributed by atoms with E-state index >= 15 is 0 Å². The lowest BCUT2D eigenvalue weighted by molar-refractivity contribution is -0.145. The van der Waals surface area contributed by atoms with Gasteiger partial charge in [0.15, 0.2) is 5.01 Å². The summed E-state index contributed by atoms with van der Waals surface area (Å²) in [5.74, 6) is -1.29. The predicted octanol–water partition coefficient (Wildman–Crippen LogP) is 1.33. The fourth-order valence-corrected chi connectivity index (χ4v) is 2.92. The first kappa shape index (κ1) is 18.3. The smallest absolute Gasteiger partial charge is 0.410 e. The lowest BCUT2D eigenvalue weighted by Gasteiger charge is -2.39. The van der Waals surface area contributed by atoms with Crippen LogP contribution in [0.15, 0.2) is 11.6 Å². The van der Waals surface area contributed by atoms with Crippen molar-refractivity contribution < 1.29 is 24.2 Å². The number of hydrogen-bond acceptors (Lipinski definition) is 7. The highest BCUT2D eigenvalue weighted by molar-refractivity contribution is 7.11. The minimum Gasteiger partial charge on any atom is -0.480 e. The molecule has 0 saturated carbocycles. The van der Waals surface area contributed by atoms with Gasteiger partial charge in [0.1, 0.15) is 11.6 Å². The van der Waals surface area contributed by atoms with Gasteiger partial charge >= 0.3 is 12.1 Å². The molecule has 8 nitrogen and oxygen atoms in total. The van der Waals surface area contributed by atoms with E-state index in [9.17, 15) is 19.5 Å². The molecule has 0 aliphatic carbocycles. The number of piperazine rings is 1. The van der Waals surface area contributed by atoms with Gasteiger partial charge in [0.05, 0.1) is 13.1 Å². The van der Waals surface area contributed by atoms with Gasteiger partial charge in [-0.3, -0.25) is 14.5 Å². The second-order valence-electron chi connectivity index (χ2n) is 6.51. The van der Waals surface area contributed by atoms with Crippen LogP contribution < -0.4 is 0 Å². The number of nitrogens with zero attached hydrogens (tertiary/aromatic N) is 3. The topological polar surface area (TPSA) is 100 Å². The third-order valence-electron chi connectivity index (χ3n) is 3.45. The average molecular weight is 355 g/mol. The normalized spacial score (nSPS) is 19.1. The number of carbonyl (C=O) groups excluding carboxylic acids is 2. The number of carboxylic acid groups (broad SMARTS) is 1. The molecule has 1 atom stereocenters. The summed E-state index contributed by atoms with van der Waals surface area (Å²) in [4.78, 5) is 42.7. The first-order valence-corrected chi connectivity index (χ1v) is 8.43. The number of carbonyl (C=O) groups is 3. The molecule has 1 fully saturated rings. The van der Waals surface area contributed by atoms with Gasteiger partial charge in [0.2, 0.25) is 5.78 Å². The molecule has 132 valence electrons. The van der Waals surface area contributed by atoms with Crippen molar-refractivity contribution in [2.45, 2.75) is 32.4 Å². The Morgan fingerprint density at radius 3 is 2.62 bits per heavy atom. The molecule has 2 heterocycles. The molecule has 1 amide bonds. The van der Waals surface area contributed by atoms with Gasteiger partial charge < -0.3 is 14.7 Å². The maximum absolute atomic E-state index is 12.2. The standard InChI is InChI=1S/C15H21N3O5S/c1-15(2,3)23-14(22)18-6-5-17(10(8-18)13(20)21)9-11(19)12-16-4-7-24-12/h4,7,10H,5-6,8-9H2,1-3H3,(H,20,21)/t10-/m0/s1. The summed E-state index contributed by atoms with van der Waals surface area (Å²) in [5.41, 5.74) is -0.645. The lowest BCUT2D eigenvalue weighted by Crippen LogP contribution is -2.59. The molecule has 1 aromatic heterocycles. The second kappa shape index (κ2) is 7.27. The van der Waals surface area contributed by atoms with Gasteiger partial charge in [0, 0.05) is 24.7 Å². The zero-order valence-electron chi connectivity index (χ0n) is 13.9. The molecule has 0 aromatic carbocycles. The quantitative estimate of drug-likeness (QED) is 0.813. The third-order valence-corrected chi connectivity index (χ3v) is 4.26. The van der Waals surface area contributed by atoms with Crippen molar-refractivity contribution in [1.82, 2.24) is 14.8 Å². The van der Waals surface area contributed by atoms with E-state index in [0.29, 0.717) is 11.6 Å². The number of thiazole rings is 1. The van der Waals surface area contributed by atoms with E-state index in [4.69, 9.17) is 4.74 Å². The minimum absolute atomic E-state index is 0.0185. The number of hydrogen-bond donors (Lipinski definition) is 1. The Morgan fingerprint density at radius 2 is 2.08 bits per heavy atom. The first-order valence-electron chi connectivity index (χ1n) is 7.55. The van der Waals surface area contributed by atoms with Crippen LogP contribution in [0.3, 0.4) is 0 Å². The number of carboxylic acids is 1. The van der Waals surface area contributed by atoms with Crippen LogP contribution in [0.2, 0.25) is 0 Å². The van der Waals surface area contributed by atoms with Crippen LogP contribution in [0.5, 0.6) is 0 Å². The van der Waals surface area contributed by atoms with Crippen LogP contribution in [0, 0.1) is 0 Å². The molecule has 2 rings (SSSR count). The molecular formula is C15H21N3O5S. The summed E-state index contributed by atoms with van der Waals surface area (Å²) in [5, 5.41) is 11.5. The van der Waals surface area contributed by atoms with Gasteiger partial charge in [-0.05, 0) is 20.8 Å². The van der Waals surface area contributed by atoms with Crippen molar-refractivity contribution in [3.63, 3.8) is 0 Å². The van der Waals surface area contributed by atoms with Crippen LogP contribution in [0.1, 0.15) is 30.6 Å². The number of Topliss-reactive ketones (excluding diaryl/α,β-unsaturated/α-hetero) is 1. The minimum atomic E-state index is -1.07. The number of ketones is 1. The molecule has 1 saturated heterocycles. The molecule has 1 N–H and O–H groups in total. The number of aliphatic carboxylic acids is 1. The summed E-state index contributed by atoms with van der Waals surface area (Å²) in [7, 11) is 0. The number of aromatic nitrogens is 1. The molecule has 24 heavy (non-hydrogen) atoms. The average Bonchev–Trinajstić information content (AvgIpc) is 2.99. The van der Waals surface area contributed by atoms with Crippen LogP contribution in [0.25, 0.3) is 0 Å². The fraction of sp³-hybridized carbons (Fsp3) is 0.600. The maximum Gasteiger partial charge on any atom is 0.410 e. The summed E-state index contributed by atoms with van der Waals surface area (Å²) in [6.07, 6.45) is 0.993. The van der Waals surface area contributed by atoms with Crippen molar-refractivity contribution in [2.75, 3.05) is 26.2 Å². The predicted molar refractivity (Wildman–Crippen MR) is 87.2 cm³/mol. The monoisotopic (exact) mass is 355 g/mol. The SMILES string of the molecule is CC(C)(C)OC(=O)N1CCN(CC(=O)c2nccs2)[C@H](C(=O)O)C1. The molecular weight excluding hydrogens is 334 g/mol. The van der Waals surface area contributed by atoms with Gasteiger partial charge in [-0.1, -0.05) is 0 Å². The summed E-state index contributed by atoms with van der Waals surface area (Å²) in [6, 6.07) is -0.949. The van der Waals surface area contributed by atoms with Crippen molar-refractivity contribution in [1.29, 1.82) is 0 Å². The van der Waals surface area contributed by atoms with E-state index in [1.807, 2.05) is 0 Å². The van der Waals surface area contributed by atoms with E-state index < -0.39 is 23.7 Å². The highest BCUT2D eigenvalue weighted by Crippen LogP contribution is 2.16. The molecule has 0 radical (unpaired) electrons. The Morgan fingerprint density at radius 1 is 1.38 bits per heavy atom. The maximum atomic E-state index is 12.2. The third kappa shape index (κ3) is 4.75. The van der Waals surface area contributed by atoms with E-state index in [1.165, 1.54) is 22.4 Å². The Hall–Kier alpha value is -2.00. The van der Waals surface area contributed by atoms with Crippen molar-refractivity contribution in [3.05, 3.63) is 16.6 Å². The first-order chi connectivity index (χ1) is 11.2. The summed E-state index contributed by atoms with van der Waals surface area (Å²) in [6.45, 7) is 5.80. The molecule has 1 aromatic rings. The van der Waals surface area contributed by atoms with Gasteiger partial charge in [0.25, 0.3) is 0 Å². The highest BCUT2D eigenvalue weighted by Gasteiger charge is 2.36. The Balaban J connectivity index is 2.02. The molecule has 1 aliphatic rings. The second-order valence-corrected chi connectivity index (χ2v) is 7.41. The molecule has 1 aliphatic heterocycles. The van der Waals surface area contributed by atoms with Crippen LogP contribution >= 0.6 is 11.3 Å². The van der Waals surface area contributed by atoms with Crippen molar-refractivity contribution >= 4 is 29.2 Å². The zero-order valence-corrected chi connectivity index (χ0v) is 14.7. The van der Waals surface area contributed by atoms with E-state index in [1.54, 1.807) is 31.1 Å². The highest BCUT2D eigenvalue weighted by atomic mass is 32.1. The molecule has 0 unspecified atom stereocenters. The van der Waals surface area contributed by atoms with E-state index in [-0.39, 0.29) is 25.4 Å². The van der Waals surface area contributed by atoms with Gasteiger partial charge in [-0.25, -0.2) is 9.78 Å². The van der Waals surface area contributed by atoms with Crippen LogP contribution in [-0.2, 0) is 9.53 Å². The Kier molecular flexibility index (Phi) is 5.55. The fourth-order valence-electron chi connectivity index (χ4n) is 2.35. The number of ether oxygens (including phenoxy) is 1. The zero-order chi connectivity index (χ0) is 17.9. The number of rotatable bonds is 4. The number of amides is 1. The molecule has 9 heteroatoms. The van der Waals surface area contributed by atoms with E-state index in [2.05, 4.69) is 4.98 Å². The largest absolute Gasteiger partial charge is 0.480 e. The summed E-state index contributed by atoms with van der Waals surface area (Å²) >= 11 is 1.22. The van der Waals surface area contributed by atoms with Crippen LogP contribution in [-0.4, -0.2) is 75.6 Å². The summed E-state index contributed by atoms with van der Waals surface area (Å²) < 4.78 is 5.28. The van der Waals surface area contributed by atoms with Gasteiger partial charge in [-0.15, -0.1) is 11.3 Å². The Labute approximate surface area is 144 Å². The molecule has 0 spiro atoms. The van der Waals surface area contributed by atoms with Gasteiger partial charge in [-0.2, -0.15) is 0 Å². The van der Waals surface area contributed by atoms with E-state index in [0.717, 1.165) is 0 Å². The van der Waals surface area contributed by atoms with Crippen molar-refractivity contribution in [2.24, 2.45) is 0 Å². The Bertz CT molecular complexity index is 611.